The van der Waals surface area contributed by atoms with Crippen molar-refractivity contribution in [2.45, 2.75) is 86.2 Å². The summed E-state index contributed by atoms with van der Waals surface area (Å²) >= 11 is 0. The first-order chi connectivity index (χ1) is 14.3. The summed E-state index contributed by atoms with van der Waals surface area (Å²) < 4.78 is 0. The highest BCUT2D eigenvalue weighted by Gasteiger charge is 2.37. The first kappa shape index (κ1) is 27.6. The highest BCUT2D eigenvalue weighted by Crippen LogP contribution is 2.37. The maximum absolute atomic E-state index is 9.95. The first-order valence-corrected chi connectivity index (χ1v) is 11.4. The van der Waals surface area contributed by atoms with Gasteiger partial charge in [-0.25, -0.2) is 0 Å². The molecule has 0 aromatic heterocycles. The molecule has 2 aliphatic rings. The fraction of sp³-hybridized carbons (Fsp3) is 0.630. The molecule has 31 heavy (non-hydrogen) atoms. The van der Waals surface area contributed by atoms with Crippen LogP contribution in [-0.2, 0) is 0 Å². The minimum Gasteiger partial charge on any atom is -0.392 e. The highest BCUT2D eigenvalue weighted by molar-refractivity contribution is 5.31. The molecule has 8 atom stereocenters. The van der Waals surface area contributed by atoms with Crippen molar-refractivity contribution in [3.05, 3.63) is 58.7 Å². The molecule has 0 aromatic carbocycles. The van der Waals surface area contributed by atoms with E-state index in [2.05, 4.69) is 12.7 Å². The molecule has 4 heteroatoms. The number of hydrogen-bond donors (Lipinski definition) is 4. The van der Waals surface area contributed by atoms with Crippen LogP contribution in [0.1, 0.15) is 61.8 Å². The van der Waals surface area contributed by atoms with Crippen LogP contribution in [0.15, 0.2) is 58.7 Å². The second-order valence-electron chi connectivity index (χ2n) is 9.81. The summed E-state index contributed by atoms with van der Waals surface area (Å²) in [6.07, 6.45) is 6.55. The van der Waals surface area contributed by atoms with Crippen molar-refractivity contribution in [1.82, 2.24) is 0 Å². The van der Waals surface area contributed by atoms with Crippen LogP contribution in [0.2, 0.25) is 0 Å². The number of aliphatic hydroxyl groups excluding tert-OH is 4. The summed E-state index contributed by atoms with van der Waals surface area (Å²) in [4.78, 5) is 0. The van der Waals surface area contributed by atoms with Gasteiger partial charge in [0.1, 0.15) is 0 Å². The lowest BCUT2D eigenvalue weighted by Crippen LogP contribution is -2.40. The lowest BCUT2D eigenvalue weighted by molar-refractivity contribution is 0.00780. The number of rotatable bonds is 2. The molecular formula is C27H44O4. The number of hydrogen-bond acceptors (Lipinski definition) is 4. The van der Waals surface area contributed by atoms with Crippen molar-refractivity contribution in [3.63, 3.8) is 0 Å². The zero-order valence-corrected chi connectivity index (χ0v) is 20.6. The normalized spacial score (nSPS) is 38.4. The van der Waals surface area contributed by atoms with Gasteiger partial charge >= 0.3 is 0 Å². The van der Waals surface area contributed by atoms with Crippen molar-refractivity contribution in [2.75, 3.05) is 0 Å². The van der Waals surface area contributed by atoms with Gasteiger partial charge < -0.3 is 20.4 Å². The van der Waals surface area contributed by atoms with Crippen LogP contribution in [0.5, 0.6) is 0 Å². The maximum Gasteiger partial charge on any atom is 0.0835 e. The Hall–Kier alpha value is -1.46. The van der Waals surface area contributed by atoms with Gasteiger partial charge in [0, 0.05) is 30.1 Å². The van der Waals surface area contributed by atoms with Gasteiger partial charge in [-0.05, 0) is 33.3 Å². The third-order valence-electron chi connectivity index (χ3n) is 6.67. The van der Waals surface area contributed by atoms with Gasteiger partial charge in [0.25, 0.3) is 0 Å². The molecule has 4 nitrogen and oxygen atoms in total. The summed E-state index contributed by atoms with van der Waals surface area (Å²) in [6.45, 7) is 19.9. The Morgan fingerprint density at radius 1 is 0.677 bits per heavy atom. The lowest BCUT2D eigenvalue weighted by atomic mass is 9.72. The second kappa shape index (κ2) is 12.0. The summed E-state index contributed by atoms with van der Waals surface area (Å²) in [6, 6.07) is 0. The van der Waals surface area contributed by atoms with Crippen molar-refractivity contribution < 1.29 is 20.4 Å². The highest BCUT2D eigenvalue weighted by atomic mass is 16.3. The van der Waals surface area contributed by atoms with Gasteiger partial charge in [-0.1, -0.05) is 80.9 Å². The monoisotopic (exact) mass is 432 g/mol. The maximum atomic E-state index is 9.95. The van der Waals surface area contributed by atoms with Crippen molar-refractivity contribution in [3.8, 4) is 0 Å². The average molecular weight is 433 g/mol. The molecule has 0 heterocycles. The van der Waals surface area contributed by atoms with E-state index < -0.39 is 24.4 Å². The summed E-state index contributed by atoms with van der Waals surface area (Å²) in [5, 5.41) is 39.5. The molecule has 0 radical (unpaired) electrons. The zero-order chi connectivity index (χ0) is 24.0. The van der Waals surface area contributed by atoms with Gasteiger partial charge in [-0.15, -0.1) is 0 Å². The van der Waals surface area contributed by atoms with Gasteiger partial charge in [0.2, 0.25) is 0 Å². The van der Waals surface area contributed by atoms with E-state index in [1.54, 1.807) is 0 Å². The fourth-order valence-electron chi connectivity index (χ4n) is 4.24. The van der Waals surface area contributed by atoms with Crippen LogP contribution in [0.25, 0.3) is 0 Å². The van der Waals surface area contributed by atoms with Gasteiger partial charge in [-0.3, -0.25) is 0 Å². The van der Waals surface area contributed by atoms with E-state index in [0.717, 1.165) is 11.1 Å². The molecule has 0 unspecified atom stereocenters. The van der Waals surface area contributed by atoms with Crippen LogP contribution in [0.3, 0.4) is 0 Å². The number of allylic oxidation sites excluding steroid dienone is 6. The molecule has 2 rings (SSSR count). The predicted octanol–water partition coefficient (Wildman–Crippen LogP) is 4.72. The molecule has 0 bridgehead atoms. The van der Waals surface area contributed by atoms with Crippen LogP contribution in [0.4, 0.5) is 0 Å². The van der Waals surface area contributed by atoms with E-state index in [1.807, 2.05) is 73.6 Å². The van der Waals surface area contributed by atoms with E-state index in [-0.39, 0.29) is 23.7 Å². The van der Waals surface area contributed by atoms with E-state index in [4.69, 9.17) is 0 Å². The SMILES string of the molecule is C=C1[C@H](O)[C@H](C)C(=CC=C(C)C)[C@H](C)[C@H]1O.CC(C)=CC=C1[C@@H](C)[C@@H](O)C[C@H](O)[C@H]1C. The Labute approximate surface area is 189 Å². The Morgan fingerprint density at radius 2 is 1.00 bits per heavy atom. The molecule has 2 fully saturated rings. The second-order valence-corrected chi connectivity index (χ2v) is 9.81. The Morgan fingerprint density at radius 3 is 1.32 bits per heavy atom. The Bertz CT molecular complexity index is 698. The standard InChI is InChI=1S/C14H22O2.C13H22O2/c1-8(2)6-7-12-9(3)13(15)11(5)14(16)10(12)4;1-8(2)5-6-11-9(3)12(14)7-13(15)10(11)4/h6-7,9-10,13-16H,5H2,1-4H3;5-6,9-10,12-15H,7H2,1-4H3/t9-,10+,13-,14-;9-,10+,12-,13-/m10/s1. The molecular weight excluding hydrogens is 388 g/mol. The van der Waals surface area contributed by atoms with Gasteiger partial charge in [0.15, 0.2) is 0 Å². The molecule has 4 N–H and O–H groups in total. The predicted molar refractivity (Wildman–Crippen MR) is 129 cm³/mol. The van der Waals surface area contributed by atoms with E-state index in [1.165, 1.54) is 11.1 Å². The average Bonchev–Trinajstić information content (AvgIpc) is 2.69. The molecule has 0 aromatic rings. The first-order valence-electron chi connectivity index (χ1n) is 11.4. The fourth-order valence-corrected chi connectivity index (χ4v) is 4.24. The third kappa shape index (κ3) is 7.28. The molecule has 2 saturated carbocycles. The quantitative estimate of drug-likeness (QED) is 0.476. The minimum atomic E-state index is -0.636. The molecule has 0 aliphatic heterocycles. The topological polar surface area (TPSA) is 80.9 Å². The molecule has 0 amide bonds. The van der Waals surface area contributed by atoms with E-state index in [9.17, 15) is 20.4 Å². The van der Waals surface area contributed by atoms with Crippen molar-refractivity contribution in [2.24, 2.45) is 23.7 Å². The van der Waals surface area contributed by atoms with E-state index in [0.29, 0.717) is 12.0 Å². The molecule has 176 valence electrons. The largest absolute Gasteiger partial charge is 0.392 e. The van der Waals surface area contributed by atoms with Gasteiger partial charge in [0.05, 0.1) is 24.4 Å². The Balaban J connectivity index is 0.000000311. The zero-order valence-electron chi connectivity index (χ0n) is 20.6. The van der Waals surface area contributed by atoms with Crippen molar-refractivity contribution in [1.29, 1.82) is 0 Å². The number of aliphatic hydroxyl groups is 4. The lowest BCUT2D eigenvalue weighted by Gasteiger charge is -2.38. The summed E-state index contributed by atoms with van der Waals surface area (Å²) in [5.74, 6) is 0.362. The molecule has 0 saturated heterocycles. The summed E-state index contributed by atoms with van der Waals surface area (Å²) in [7, 11) is 0. The molecule has 0 spiro atoms. The van der Waals surface area contributed by atoms with Gasteiger partial charge in [-0.2, -0.15) is 0 Å². The third-order valence-corrected chi connectivity index (χ3v) is 6.67. The van der Waals surface area contributed by atoms with Crippen LogP contribution in [0, 0.1) is 23.7 Å². The van der Waals surface area contributed by atoms with Crippen LogP contribution >= 0.6 is 0 Å². The smallest absolute Gasteiger partial charge is 0.0835 e. The minimum absolute atomic E-state index is 0.0292. The Kier molecular flexibility index (Phi) is 10.6. The molecule has 2 aliphatic carbocycles. The van der Waals surface area contributed by atoms with Crippen molar-refractivity contribution >= 4 is 0 Å². The van der Waals surface area contributed by atoms with Crippen LogP contribution in [-0.4, -0.2) is 44.8 Å². The van der Waals surface area contributed by atoms with Crippen LogP contribution < -0.4 is 0 Å². The summed E-state index contributed by atoms with van der Waals surface area (Å²) in [5.41, 5.74) is 5.22. The van der Waals surface area contributed by atoms with E-state index >= 15 is 0 Å².